The van der Waals surface area contributed by atoms with Gasteiger partial charge in [0.15, 0.2) is 0 Å². The second-order valence-electron chi connectivity index (χ2n) is 5.35. The van der Waals surface area contributed by atoms with Gasteiger partial charge in [-0.3, -0.25) is 0 Å². The lowest BCUT2D eigenvalue weighted by Gasteiger charge is -2.13. The Kier molecular flexibility index (Phi) is 2.67. The van der Waals surface area contributed by atoms with Crippen molar-refractivity contribution in [3.8, 4) is 0 Å². The topological polar surface area (TPSA) is 0 Å². The predicted molar refractivity (Wildman–Crippen MR) is 84.0 cm³/mol. The molecule has 0 atom stereocenters. The standard InChI is InChI=1S/C19H11F3/c20-19(21,22)12-9-10-17-15-7-2-1-5-13(15)14-6-3-4-8-16(14)18(17)11-12/h1-11H. The van der Waals surface area contributed by atoms with Crippen LogP contribution in [0.25, 0.3) is 32.3 Å². The smallest absolute Gasteiger partial charge is 0.166 e. The van der Waals surface area contributed by atoms with Crippen LogP contribution in [0.2, 0.25) is 0 Å². The third kappa shape index (κ3) is 1.86. The average Bonchev–Trinajstić information content (AvgIpc) is 2.54. The summed E-state index contributed by atoms with van der Waals surface area (Å²) >= 11 is 0. The van der Waals surface area contributed by atoms with Gasteiger partial charge in [-0.05, 0) is 44.5 Å². The highest BCUT2D eigenvalue weighted by Gasteiger charge is 2.30. The molecule has 0 N–H and O–H groups in total. The van der Waals surface area contributed by atoms with E-state index < -0.39 is 11.7 Å². The summed E-state index contributed by atoms with van der Waals surface area (Å²) in [7, 11) is 0. The van der Waals surface area contributed by atoms with Crippen LogP contribution in [0.1, 0.15) is 5.56 Å². The maximum atomic E-state index is 13.0. The number of benzene rings is 4. The first-order chi connectivity index (χ1) is 10.6. The first-order valence-electron chi connectivity index (χ1n) is 6.96. The van der Waals surface area contributed by atoms with Crippen LogP contribution in [0.4, 0.5) is 13.2 Å². The Balaban J connectivity index is 2.27. The monoisotopic (exact) mass is 296 g/mol. The first-order valence-corrected chi connectivity index (χ1v) is 6.96. The summed E-state index contributed by atoms with van der Waals surface area (Å²) in [6.07, 6.45) is -4.33. The van der Waals surface area contributed by atoms with Gasteiger partial charge in [-0.25, -0.2) is 0 Å². The van der Waals surface area contributed by atoms with Crippen LogP contribution >= 0.6 is 0 Å². The molecule has 0 saturated heterocycles. The predicted octanol–water partition coefficient (Wildman–Crippen LogP) is 6.17. The van der Waals surface area contributed by atoms with Gasteiger partial charge in [0.25, 0.3) is 0 Å². The van der Waals surface area contributed by atoms with Gasteiger partial charge in [-0.1, -0.05) is 54.6 Å². The zero-order chi connectivity index (χ0) is 15.3. The van der Waals surface area contributed by atoms with Crippen molar-refractivity contribution in [3.63, 3.8) is 0 Å². The Labute approximate surface area is 124 Å². The van der Waals surface area contributed by atoms with Crippen molar-refractivity contribution in [2.45, 2.75) is 6.18 Å². The fraction of sp³-hybridized carbons (Fsp3) is 0.0526. The van der Waals surface area contributed by atoms with E-state index in [9.17, 15) is 13.2 Å². The summed E-state index contributed by atoms with van der Waals surface area (Å²) < 4.78 is 39.1. The molecule has 4 rings (SSSR count). The van der Waals surface area contributed by atoms with Crippen molar-refractivity contribution in [2.75, 3.05) is 0 Å². The van der Waals surface area contributed by atoms with E-state index in [2.05, 4.69) is 0 Å². The number of halogens is 3. The molecule has 4 aromatic rings. The van der Waals surface area contributed by atoms with Crippen LogP contribution in [-0.2, 0) is 6.18 Å². The third-order valence-electron chi connectivity index (χ3n) is 4.07. The Hall–Kier alpha value is -2.55. The van der Waals surface area contributed by atoms with E-state index in [1.54, 1.807) is 6.07 Å². The summed E-state index contributed by atoms with van der Waals surface area (Å²) in [5.41, 5.74) is -0.611. The fourth-order valence-corrected chi connectivity index (χ4v) is 3.08. The quantitative estimate of drug-likeness (QED) is 0.341. The minimum absolute atomic E-state index is 0.611. The molecule has 0 heterocycles. The number of fused-ring (bicyclic) bond motifs is 6. The van der Waals surface area contributed by atoms with Crippen molar-refractivity contribution in [2.24, 2.45) is 0 Å². The average molecular weight is 296 g/mol. The highest BCUT2D eigenvalue weighted by Crippen LogP contribution is 2.38. The molecule has 0 fully saturated rings. The van der Waals surface area contributed by atoms with Gasteiger partial charge < -0.3 is 0 Å². The van der Waals surface area contributed by atoms with E-state index in [4.69, 9.17) is 0 Å². The molecule has 108 valence electrons. The molecule has 0 aliphatic rings. The molecule has 0 aliphatic heterocycles. The molecule has 0 unspecified atom stereocenters. The minimum atomic E-state index is -4.33. The lowest BCUT2D eigenvalue weighted by atomic mass is 9.93. The Bertz CT molecular complexity index is 978. The summed E-state index contributed by atoms with van der Waals surface area (Å²) in [5, 5.41) is 5.36. The number of rotatable bonds is 0. The van der Waals surface area contributed by atoms with Crippen molar-refractivity contribution in [1.29, 1.82) is 0 Å². The Morgan fingerprint density at radius 3 is 1.36 bits per heavy atom. The van der Waals surface area contributed by atoms with E-state index in [1.165, 1.54) is 6.07 Å². The van der Waals surface area contributed by atoms with Gasteiger partial charge in [-0.2, -0.15) is 13.2 Å². The lowest BCUT2D eigenvalue weighted by molar-refractivity contribution is -0.137. The maximum absolute atomic E-state index is 13.0. The molecule has 3 heteroatoms. The lowest BCUT2D eigenvalue weighted by Crippen LogP contribution is -2.04. The summed E-state index contributed by atoms with van der Waals surface area (Å²) in [6.45, 7) is 0. The largest absolute Gasteiger partial charge is 0.416 e. The molecule has 22 heavy (non-hydrogen) atoms. The van der Waals surface area contributed by atoms with Crippen molar-refractivity contribution < 1.29 is 13.2 Å². The van der Waals surface area contributed by atoms with Gasteiger partial charge >= 0.3 is 6.18 Å². The van der Waals surface area contributed by atoms with Crippen LogP contribution in [0, 0.1) is 0 Å². The van der Waals surface area contributed by atoms with Gasteiger partial charge in [0.05, 0.1) is 5.56 Å². The molecule has 0 spiro atoms. The van der Waals surface area contributed by atoms with Crippen molar-refractivity contribution >= 4 is 32.3 Å². The molecule has 0 bridgehead atoms. The second kappa shape index (κ2) is 4.47. The molecule has 0 radical (unpaired) electrons. The summed E-state index contributed by atoms with van der Waals surface area (Å²) in [6, 6.07) is 19.4. The van der Waals surface area contributed by atoms with Crippen molar-refractivity contribution in [3.05, 3.63) is 72.3 Å². The summed E-state index contributed by atoms with van der Waals surface area (Å²) in [4.78, 5) is 0. The van der Waals surface area contributed by atoms with Crippen LogP contribution in [-0.4, -0.2) is 0 Å². The van der Waals surface area contributed by atoms with Gasteiger partial charge in [0, 0.05) is 0 Å². The van der Waals surface area contributed by atoms with Crippen LogP contribution < -0.4 is 0 Å². The number of hydrogen-bond donors (Lipinski definition) is 0. The zero-order valence-corrected chi connectivity index (χ0v) is 11.5. The van der Waals surface area contributed by atoms with Crippen LogP contribution in [0.5, 0.6) is 0 Å². The van der Waals surface area contributed by atoms with Crippen LogP contribution in [0.15, 0.2) is 66.7 Å². The highest BCUT2D eigenvalue weighted by molar-refractivity contribution is 6.25. The molecule has 4 aromatic carbocycles. The summed E-state index contributed by atoms with van der Waals surface area (Å²) in [5.74, 6) is 0. The van der Waals surface area contributed by atoms with Gasteiger partial charge in [0.2, 0.25) is 0 Å². The second-order valence-corrected chi connectivity index (χ2v) is 5.35. The Morgan fingerprint density at radius 1 is 0.500 bits per heavy atom. The highest BCUT2D eigenvalue weighted by atomic mass is 19.4. The fourth-order valence-electron chi connectivity index (χ4n) is 3.08. The zero-order valence-electron chi connectivity index (χ0n) is 11.5. The SMILES string of the molecule is FC(F)(F)c1ccc2c3ccccc3c3ccccc3c2c1. The third-order valence-corrected chi connectivity index (χ3v) is 4.07. The van der Waals surface area contributed by atoms with E-state index in [-0.39, 0.29) is 0 Å². The van der Waals surface area contributed by atoms with Gasteiger partial charge in [-0.15, -0.1) is 0 Å². The van der Waals surface area contributed by atoms with E-state index >= 15 is 0 Å². The molecular formula is C19H11F3. The molecule has 0 saturated carbocycles. The van der Waals surface area contributed by atoms with Gasteiger partial charge in [0.1, 0.15) is 0 Å². The molecule has 0 amide bonds. The van der Waals surface area contributed by atoms with E-state index in [0.29, 0.717) is 5.39 Å². The van der Waals surface area contributed by atoms with E-state index in [1.807, 2.05) is 48.5 Å². The maximum Gasteiger partial charge on any atom is 0.416 e. The molecular weight excluding hydrogens is 285 g/mol. The molecule has 0 aliphatic carbocycles. The van der Waals surface area contributed by atoms with E-state index in [0.717, 1.165) is 33.0 Å². The Morgan fingerprint density at radius 2 is 0.909 bits per heavy atom. The normalized spacial score (nSPS) is 12.3. The number of alkyl halides is 3. The number of hydrogen-bond acceptors (Lipinski definition) is 0. The first kappa shape index (κ1) is 13.1. The minimum Gasteiger partial charge on any atom is -0.166 e. The molecule has 0 nitrogen and oxygen atoms in total. The van der Waals surface area contributed by atoms with Crippen LogP contribution in [0.3, 0.4) is 0 Å². The molecule has 0 aromatic heterocycles. The van der Waals surface area contributed by atoms with Crippen molar-refractivity contribution in [1.82, 2.24) is 0 Å².